The average molecular weight is 278 g/mol. The third-order valence-electron chi connectivity index (χ3n) is 3.01. The highest BCUT2D eigenvalue weighted by Crippen LogP contribution is 2.08. The summed E-state index contributed by atoms with van der Waals surface area (Å²) in [5.74, 6) is 0.236. The van der Waals surface area contributed by atoms with E-state index >= 15 is 0 Å². The maximum absolute atomic E-state index is 11.6. The molecule has 108 valence electrons. The summed E-state index contributed by atoms with van der Waals surface area (Å²) in [6.07, 6.45) is 0. The number of rotatable bonds is 4. The summed E-state index contributed by atoms with van der Waals surface area (Å²) >= 11 is 0. The van der Waals surface area contributed by atoms with Gasteiger partial charge in [-0.15, -0.1) is 5.06 Å². The molecular weight excluding hydrogens is 260 g/mol. The van der Waals surface area contributed by atoms with Gasteiger partial charge in [0.25, 0.3) is 0 Å². The van der Waals surface area contributed by atoms with Crippen molar-refractivity contribution in [3.63, 3.8) is 0 Å². The van der Waals surface area contributed by atoms with Gasteiger partial charge in [0.15, 0.2) is 6.61 Å². The van der Waals surface area contributed by atoms with Crippen LogP contribution in [0.2, 0.25) is 0 Å². The molecular formula is C14H18N2O4. The summed E-state index contributed by atoms with van der Waals surface area (Å²) in [5, 5.41) is 1.57. The van der Waals surface area contributed by atoms with Gasteiger partial charge in [0.2, 0.25) is 5.91 Å². The zero-order valence-corrected chi connectivity index (χ0v) is 11.4. The standard InChI is InChI=1S/C14H18N2O4/c1-12(17)15-7-9-16(10-8-15)20-14(18)11-19-13-5-3-2-4-6-13/h2-6H,7-11H2,1H3. The van der Waals surface area contributed by atoms with Crippen molar-refractivity contribution in [1.82, 2.24) is 9.96 Å². The third kappa shape index (κ3) is 4.24. The van der Waals surface area contributed by atoms with Gasteiger partial charge in [-0.2, -0.15) is 0 Å². The van der Waals surface area contributed by atoms with Crippen LogP contribution in [-0.4, -0.2) is 54.6 Å². The summed E-state index contributed by atoms with van der Waals surface area (Å²) in [6, 6.07) is 9.10. The van der Waals surface area contributed by atoms with E-state index in [-0.39, 0.29) is 12.5 Å². The first kappa shape index (κ1) is 14.3. The molecule has 1 amide bonds. The lowest BCUT2D eigenvalue weighted by atomic mass is 10.3. The summed E-state index contributed by atoms with van der Waals surface area (Å²) in [4.78, 5) is 29.7. The number of hydrogen-bond acceptors (Lipinski definition) is 5. The highest BCUT2D eigenvalue weighted by molar-refractivity contribution is 5.73. The summed E-state index contributed by atoms with van der Waals surface area (Å²) in [5.41, 5.74) is 0. The van der Waals surface area contributed by atoms with E-state index in [9.17, 15) is 9.59 Å². The van der Waals surface area contributed by atoms with E-state index in [4.69, 9.17) is 9.57 Å². The van der Waals surface area contributed by atoms with Crippen LogP contribution in [0.25, 0.3) is 0 Å². The van der Waals surface area contributed by atoms with Crippen LogP contribution in [0, 0.1) is 0 Å². The van der Waals surface area contributed by atoms with Gasteiger partial charge in [-0.3, -0.25) is 4.79 Å². The topological polar surface area (TPSA) is 59.1 Å². The molecule has 6 nitrogen and oxygen atoms in total. The van der Waals surface area contributed by atoms with Crippen LogP contribution in [0.3, 0.4) is 0 Å². The number of hydroxylamine groups is 2. The van der Waals surface area contributed by atoms with Crippen molar-refractivity contribution in [2.75, 3.05) is 32.8 Å². The maximum Gasteiger partial charge on any atom is 0.362 e. The third-order valence-corrected chi connectivity index (χ3v) is 3.01. The number of carbonyl (C=O) groups is 2. The lowest BCUT2D eigenvalue weighted by Crippen LogP contribution is -2.48. The fraction of sp³-hybridized carbons (Fsp3) is 0.429. The Kier molecular flexibility index (Phi) is 4.95. The van der Waals surface area contributed by atoms with Gasteiger partial charge in [0.1, 0.15) is 5.75 Å². The molecule has 0 aromatic heterocycles. The number of hydrogen-bond donors (Lipinski definition) is 0. The Morgan fingerprint density at radius 2 is 1.75 bits per heavy atom. The molecule has 1 aliphatic rings. The van der Waals surface area contributed by atoms with Crippen molar-refractivity contribution in [3.05, 3.63) is 30.3 Å². The minimum atomic E-state index is -0.440. The van der Waals surface area contributed by atoms with Gasteiger partial charge in [0, 0.05) is 20.0 Å². The molecule has 1 aromatic rings. The second kappa shape index (κ2) is 6.91. The molecule has 0 bridgehead atoms. The largest absolute Gasteiger partial charge is 0.482 e. The first-order chi connectivity index (χ1) is 9.65. The van der Waals surface area contributed by atoms with Crippen LogP contribution in [0.4, 0.5) is 0 Å². The summed E-state index contributed by atoms with van der Waals surface area (Å²) in [6.45, 7) is 3.60. The van der Waals surface area contributed by atoms with Crippen molar-refractivity contribution in [2.45, 2.75) is 6.92 Å². The van der Waals surface area contributed by atoms with Gasteiger partial charge >= 0.3 is 5.97 Å². The Labute approximate surface area is 117 Å². The van der Waals surface area contributed by atoms with Crippen molar-refractivity contribution in [3.8, 4) is 5.75 Å². The van der Waals surface area contributed by atoms with E-state index in [1.807, 2.05) is 18.2 Å². The first-order valence-corrected chi connectivity index (χ1v) is 6.54. The van der Waals surface area contributed by atoms with Crippen LogP contribution >= 0.6 is 0 Å². The molecule has 0 atom stereocenters. The zero-order valence-electron chi connectivity index (χ0n) is 11.4. The maximum atomic E-state index is 11.6. The second-order valence-electron chi connectivity index (χ2n) is 4.50. The van der Waals surface area contributed by atoms with Crippen LogP contribution in [0.15, 0.2) is 30.3 Å². The molecule has 1 aliphatic heterocycles. The molecule has 0 spiro atoms. The first-order valence-electron chi connectivity index (χ1n) is 6.54. The number of ether oxygens (including phenoxy) is 1. The number of carbonyl (C=O) groups excluding carboxylic acids is 2. The van der Waals surface area contributed by atoms with Crippen molar-refractivity contribution in [1.29, 1.82) is 0 Å². The Balaban J connectivity index is 1.69. The van der Waals surface area contributed by atoms with E-state index in [0.717, 1.165) is 0 Å². The molecule has 20 heavy (non-hydrogen) atoms. The Morgan fingerprint density at radius 1 is 1.10 bits per heavy atom. The molecule has 0 saturated carbocycles. The van der Waals surface area contributed by atoms with Crippen LogP contribution in [0.1, 0.15) is 6.92 Å². The van der Waals surface area contributed by atoms with E-state index in [1.165, 1.54) is 6.92 Å². The highest BCUT2D eigenvalue weighted by atomic mass is 16.7. The minimum Gasteiger partial charge on any atom is -0.482 e. The SMILES string of the molecule is CC(=O)N1CCN(OC(=O)COc2ccccc2)CC1. The van der Waals surface area contributed by atoms with Crippen molar-refractivity contribution in [2.24, 2.45) is 0 Å². The van der Waals surface area contributed by atoms with Crippen LogP contribution in [-0.2, 0) is 14.4 Å². The Morgan fingerprint density at radius 3 is 2.35 bits per heavy atom. The molecule has 0 aliphatic carbocycles. The summed E-state index contributed by atoms with van der Waals surface area (Å²) < 4.78 is 5.30. The van der Waals surface area contributed by atoms with Gasteiger partial charge in [-0.25, -0.2) is 4.79 Å². The van der Waals surface area contributed by atoms with Gasteiger partial charge in [0.05, 0.1) is 13.1 Å². The minimum absolute atomic E-state index is 0.0448. The molecule has 1 aromatic carbocycles. The number of piperazine rings is 1. The predicted molar refractivity (Wildman–Crippen MR) is 71.9 cm³/mol. The van der Waals surface area contributed by atoms with Gasteiger partial charge in [-0.1, -0.05) is 18.2 Å². The van der Waals surface area contributed by atoms with Crippen LogP contribution < -0.4 is 4.74 Å². The van der Waals surface area contributed by atoms with Crippen molar-refractivity contribution >= 4 is 11.9 Å². The highest BCUT2D eigenvalue weighted by Gasteiger charge is 2.21. The van der Waals surface area contributed by atoms with Crippen molar-refractivity contribution < 1.29 is 19.2 Å². The number of amides is 1. The Hall–Kier alpha value is -2.08. The quantitative estimate of drug-likeness (QED) is 0.811. The molecule has 1 saturated heterocycles. The van der Waals surface area contributed by atoms with E-state index in [2.05, 4.69) is 0 Å². The van der Waals surface area contributed by atoms with E-state index in [1.54, 1.807) is 22.1 Å². The van der Waals surface area contributed by atoms with E-state index < -0.39 is 5.97 Å². The molecule has 0 unspecified atom stereocenters. The summed E-state index contributed by atoms with van der Waals surface area (Å²) in [7, 11) is 0. The number of benzene rings is 1. The molecule has 1 heterocycles. The monoisotopic (exact) mass is 278 g/mol. The second-order valence-corrected chi connectivity index (χ2v) is 4.50. The molecule has 0 N–H and O–H groups in total. The number of para-hydroxylation sites is 1. The van der Waals surface area contributed by atoms with Gasteiger partial charge < -0.3 is 14.5 Å². The molecule has 2 rings (SSSR count). The smallest absolute Gasteiger partial charge is 0.362 e. The normalized spacial score (nSPS) is 15.8. The predicted octanol–water partition coefficient (Wildman–Crippen LogP) is 0.688. The molecule has 6 heteroatoms. The zero-order chi connectivity index (χ0) is 14.4. The fourth-order valence-electron chi connectivity index (χ4n) is 1.92. The van der Waals surface area contributed by atoms with E-state index in [0.29, 0.717) is 31.9 Å². The van der Waals surface area contributed by atoms with Crippen LogP contribution in [0.5, 0.6) is 5.75 Å². The van der Waals surface area contributed by atoms with Gasteiger partial charge in [-0.05, 0) is 12.1 Å². The molecule has 1 fully saturated rings. The lowest BCUT2D eigenvalue weighted by Gasteiger charge is -2.32. The Bertz CT molecular complexity index is 456. The fourth-order valence-corrected chi connectivity index (χ4v) is 1.92. The molecule has 0 radical (unpaired) electrons. The lowest BCUT2D eigenvalue weighted by molar-refractivity contribution is -0.199. The average Bonchev–Trinajstić information content (AvgIpc) is 2.47. The number of nitrogens with zero attached hydrogens (tertiary/aromatic N) is 2.